The molecule has 0 aliphatic rings. The van der Waals surface area contributed by atoms with Gasteiger partial charge in [-0.3, -0.25) is 4.55 Å². The van der Waals surface area contributed by atoms with Crippen LogP contribution in [0.1, 0.15) is 16.7 Å². The third-order valence-corrected chi connectivity index (χ3v) is 7.26. The first-order chi connectivity index (χ1) is 13.5. The molecule has 0 heterocycles. The molecule has 0 fully saturated rings. The number of phenolic OH excluding ortho intramolecular Hbond substituents is 2. The Morgan fingerprint density at radius 2 is 1.38 bits per heavy atom. The fourth-order valence-corrected chi connectivity index (χ4v) is 5.47. The molecule has 152 valence electrons. The highest BCUT2D eigenvalue weighted by atomic mass is 35.5. The van der Waals surface area contributed by atoms with Gasteiger partial charge in [0.15, 0.2) is 10.5 Å². The minimum Gasteiger partial charge on any atom is -0.507 e. The Labute approximate surface area is 186 Å². The molecular formula is C19H12Cl4O5S. The predicted octanol–water partition coefficient (Wildman–Crippen LogP) is 5.89. The first kappa shape index (κ1) is 22.0. The molecule has 0 aliphatic carbocycles. The van der Waals surface area contributed by atoms with Gasteiger partial charge >= 0.3 is 0 Å². The largest absolute Gasteiger partial charge is 0.507 e. The van der Waals surface area contributed by atoms with E-state index >= 15 is 0 Å². The molecule has 3 N–H and O–H groups in total. The third-order valence-electron chi connectivity index (χ3n) is 4.42. The second kappa shape index (κ2) is 7.87. The Hall–Kier alpha value is -1.67. The highest BCUT2D eigenvalue weighted by Gasteiger charge is 2.52. The van der Waals surface area contributed by atoms with E-state index in [1.54, 1.807) is 6.07 Å². The molecule has 10 heteroatoms. The maximum Gasteiger partial charge on any atom is 0.283 e. The van der Waals surface area contributed by atoms with Crippen LogP contribution >= 0.6 is 46.4 Å². The van der Waals surface area contributed by atoms with Crippen LogP contribution in [0.4, 0.5) is 0 Å². The van der Waals surface area contributed by atoms with E-state index in [4.69, 9.17) is 46.4 Å². The van der Waals surface area contributed by atoms with Crippen LogP contribution in [0.5, 0.6) is 11.5 Å². The second-order valence-electron chi connectivity index (χ2n) is 6.07. The number of hydrogen-bond donors (Lipinski definition) is 3. The zero-order valence-corrected chi connectivity index (χ0v) is 18.1. The van der Waals surface area contributed by atoms with Gasteiger partial charge in [-0.05, 0) is 23.3 Å². The molecule has 0 spiro atoms. The number of benzene rings is 3. The summed E-state index contributed by atoms with van der Waals surface area (Å²) in [4.78, 5) is 0. The van der Waals surface area contributed by atoms with Crippen molar-refractivity contribution in [3.05, 3.63) is 91.4 Å². The molecule has 5 nitrogen and oxygen atoms in total. The molecular weight excluding hydrogens is 482 g/mol. The average molecular weight is 494 g/mol. The van der Waals surface area contributed by atoms with Crippen LogP contribution in [0.15, 0.2) is 54.6 Å². The van der Waals surface area contributed by atoms with E-state index in [9.17, 15) is 23.2 Å². The van der Waals surface area contributed by atoms with Crippen molar-refractivity contribution >= 4 is 56.5 Å². The summed E-state index contributed by atoms with van der Waals surface area (Å²) in [5.74, 6) is -1.32. The first-order valence-electron chi connectivity index (χ1n) is 7.90. The van der Waals surface area contributed by atoms with Crippen LogP contribution in [-0.4, -0.2) is 23.2 Å². The fraction of sp³-hybridized carbons (Fsp3) is 0.0526. The smallest absolute Gasteiger partial charge is 0.283 e. The molecule has 0 saturated heterocycles. The van der Waals surface area contributed by atoms with E-state index in [0.717, 1.165) is 6.07 Å². The van der Waals surface area contributed by atoms with Gasteiger partial charge in [-0.2, -0.15) is 8.42 Å². The quantitative estimate of drug-likeness (QED) is 0.239. The summed E-state index contributed by atoms with van der Waals surface area (Å²) in [5.41, 5.74) is -0.535. The van der Waals surface area contributed by atoms with Crippen LogP contribution in [-0.2, 0) is 14.9 Å². The summed E-state index contributed by atoms with van der Waals surface area (Å²) in [6, 6.07) is 12.3. The first-order valence-corrected chi connectivity index (χ1v) is 10.9. The van der Waals surface area contributed by atoms with Gasteiger partial charge in [-0.25, -0.2) is 0 Å². The maximum atomic E-state index is 12.9. The summed E-state index contributed by atoms with van der Waals surface area (Å²) in [6.45, 7) is 0. The van der Waals surface area contributed by atoms with Crippen molar-refractivity contribution in [2.75, 3.05) is 0 Å². The second-order valence-corrected chi connectivity index (χ2v) is 9.23. The van der Waals surface area contributed by atoms with E-state index in [0.29, 0.717) is 0 Å². The van der Waals surface area contributed by atoms with Crippen molar-refractivity contribution in [2.45, 2.75) is 4.75 Å². The van der Waals surface area contributed by atoms with Gasteiger partial charge in [0.2, 0.25) is 0 Å². The zero-order chi connectivity index (χ0) is 21.6. The predicted molar refractivity (Wildman–Crippen MR) is 114 cm³/mol. The van der Waals surface area contributed by atoms with Crippen molar-refractivity contribution in [1.82, 2.24) is 0 Å². The fourth-order valence-electron chi connectivity index (χ4n) is 3.20. The number of hydrogen-bond acceptors (Lipinski definition) is 4. The van der Waals surface area contributed by atoms with Gasteiger partial charge in [-0.15, -0.1) is 0 Å². The standard InChI is InChI=1S/C19H12Cl4O5S/c20-12-7-6-11(8-13(12)21)19(29(26,27)28,10-4-2-1-3-5-10)16-15(24)9-14(22)18(25)17(16)23/h1-9,24-25H,(H,26,27,28). The Morgan fingerprint density at radius 1 is 0.759 bits per heavy atom. The van der Waals surface area contributed by atoms with E-state index in [2.05, 4.69) is 0 Å². The van der Waals surface area contributed by atoms with E-state index in [1.807, 2.05) is 0 Å². The van der Waals surface area contributed by atoms with Crippen LogP contribution in [0.3, 0.4) is 0 Å². The molecule has 1 atom stereocenters. The maximum absolute atomic E-state index is 12.9. The molecule has 0 aliphatic heterocycles. The van der Waals surface area contributed by atoms with E-state index < -0.39 is 37.0 Å². The normalized spacial score (nSPS) is 13.8. The van der Waals surface area contributed by atoms with Crippen LogP contribution in [0, 0.1) is 0 Å². The molecule has 1 unspecified atom stereocenters. The highest BCUT2D eigenvalue weighted by molar-refractivity contribution is 7.87. The minimum atomic E-state index is -5.09. The van der Waals surface area contributed by atoms with Gasteiger partial charge < -0.3 is 10.2 Å². The van der Waals surface area contributed by atoms with Crippen molar-refractivity contribution in [2.24, 2.45) is 0 Å². The molecule has 0 saturated carbocycles. The van der Waals surface area contributed by atoms with Crippen molar-refractivity contribution in [3.8, 4) is 11.5 Å². The number of halogens is 4. The van der Waals surface area contributed by atoms with E-state index in [1.165, 1.54) is 42.5 Å². The van der Waals surface area contributed by atoms with Gasteiger partial charge in [-0.1, -0.05) is 82.8 Å². The van der Waals surface area contributed by atoms with Gasteiger partial charge in [0.1, 0.15) is 5.75 Å². The number of phenols is 2. The van der Waals surface area contributed by atoms with Crippen LogP contribution in [0.2, 0.25) is 20.1 Å². The summed E-state index contributed by atoms with van der Waals surface area (Å²) in [6.07, 6.45) is 0. The molecule has 0 radical (unpaired) electrons. The summed E-state index contributed by atoms with van der Waals surface area (Å²) < 4.78 is 33.9. The summed E-state index contributed by atoms with van der Waals surface area (Å²) in [7, 11) is -5.09. The van der Waals surface area contributed by atoms with Crippen LogP contribution < -0.4 is 0 Å². The Kier molecular flexibility index (Phi) is 5.98. The van der Waals surface area contributed by atoms with Gasteiger partial charge in [0, 0.05) is 11.6 Å². The molecule has 0 aromatic heterocycles. The number of rotatable bonds is 4. The Morgan fingerprint density at radius 3 is 1.93 bits per heavy atom. The average Bonchev–Trinajstić information content (AvgIpc) is 2.65. The number of aromatic hydroxyl groups is 2. The summed E-state index contributed by atoms with van der Waals surface area (Å²) in [5, 5.41) is 20.1. The lowest BCUT2D eigenvalue weighted by Gasteiger charge is -2.34. The molecule has 0 amide bonds. The van der Waals surface area contributed by atoms with Crippen molar-refractivity contribution in [1.29, 1.82) is 0 Å². The molecule has 3 aromatic carbocycles. The Bertz CT molecular complexity index is 1200. The van der Waals surface area contributed by atoms with Crippen molar-refractivity contribution in [3.63, 3.8) is 0 Å². The van der Waals surface area contributed by atoms with E-state index in [-0.39, 0.29) is 26.2 Å². The van der Waals surface area contributed by atoms with Crippen LogP contribution in [0.25, 0.3) is 0 Å². The molecule has 0 bridgehead atoms. The topological polar surface area (TPSA) is 94.8 Å². The van der Waals surface area contributed by atoms with Gasteiger partial charge in [0.25, 0.3) is 10.1 Å². The highest BCUT2D eigenvalue weighted by Crippen LogP contribution is 2.53. The van der Waals surface area contributed by atoms with Crippen molar-refractivity contribution < 1.29 is 23.2 Å². The molecule has 29 heavy (non-hydrogen) atoms. The Balaban J connectivity index is 2.62. The monoisotopic (exact) mass is 492 g/mol. The lowest BCUT2D eigenvalue weighted by Crippen LogP contribution is -2.38. The molecule has 3 aromatic rings. The third kappa shape index (κ3) is 3.54. The lowest BCUT2D eigenvalue weighted by atomic mass is 9.83. The summed E-state index contributed by atoms with van der Waals surface area (Å²) >= 11 is 24.2. The van der Waals surface area contributed by atoms with Gasteiger partial charge in [0.05, 0.1) is 20.1 Å². The lowest BCUT2D eigenvalue weighted by molar-refractivity contribution is 0.435. The SMILES string of the molecule is O=S(=O)(O)C(c1ccccc1)(c1ccc(Cl)c(Cl)c1)c1c(O)cc(Cl)c(O)c1Cl. The molecule has 3 rings (SSSR count). The minimum absolute atomic E-state index is 0.00178. The zero-order valence-electron chi connectivity index (χ0n) is 14.3.